The number of hydrogen-bond acceptors (Lipinski definition) is 3. The van der Waals surface area contributed by atoms with Gasteiger partial charge in [-0.15, -0.1) is 0 Å². The molecule has 0 saturated heterocycles. The Morgan fingerprint density at radius 3 is 2.52 bits per heavy atom. The molecule has 3 nitrogen and oxygen atoms in total. The largest absolute Gasteiger partial charge is 0.472 e. The Balaban J connectivity index is 1.61. The fourth-order valence-corrected chi connectivity index (χ4v) is 7.97. The molecule has 29 heavy (non-hydrogen) atoms. The number of rotatable bonds is 1. The van der Waals surface area contributed by atoms with Crippen molar-refractivity contribution in [2.75, 3.05) is 0 Å². The van der Waals surface area contributed by atoms with Gasteiger partial charge in [-0.3, -0.25) is 9.59 Å². The molecule has 6 atom stereocenters. The lowest BCUT2D eigenvalue weighted by Gasteiger charge is -2.63. The highest BCUT2D eigenvalue weighted by Crippen LogP contribution is 2.71. The average molecular weight is 393 g/mol. The number of ketones is 2. The molecule has 1 aromatic rings. The van der Waals surface area contributed by atoms with E-state index in [4.69, 9.17) is 4.42 Å². The number of carbonyl (C=O) groups excluding carboxylic acids is 2. The summed E-state index contributed by atoms with van der Waals surface area (Å²) in [7, 11) is 0. The molecule has 0 aromatic carbocycles. The quantitative estimate of drug-likeness (QED) is 0.561. The van der Waals surface area contributed by atoms with Crippen molar-refractivity contribution in [2.24, 2.45) is 33.5 Å². The second-order valence-corrected chi connectivity index (χ2v) is 11.1. The van der Waals surface area contributed by atoms with Gasteiger partial charge in [0.05, 0.1) is 17.9 Å². The van der Waals surface area contributed by atoms with Gasteiger partial charge in [-0.1, -0.05) is 45.4 Å². The number of hydrogen-bond donors (Lipinski definition) is 0. The summed E-state index contributed by atoms with van der Waals surface area (Å²) in [6, 6.07) is 2.08. The van der Waals surface area contributed by atoms with E-state index in [0.29, 0.717) is 18.1 Å². The first-order valence-electron chi connectivity index (χ1n) is 11.1. The third-order valence-corrected chi connectivity index (χ3v) is 9.67. The molecule has 0 radical (unpaired) electrons. The number of fused-ring (bicyclic) bond motifs is 5. The van der Waals surface area contributed by atoms with Gasteiger partial charge in [-0.25, -0.2) is 0 Å². The van der Waals surface area contributed by atoms with Crippen molar-refractivity contribution < 1.29 is 14.0 Å². The van der Waals surface area contributed by atoms with Crippen LogP contribution in [0, 0.1) is 33.5 Å². The lowest BCUT2D eigenvalue weighted by atomic mass is 9.39. The smallest absolute Gasteiger partial charge is 0.161 e. The van der Waals surface area contributed by atoms with E-state index in [9.17, 15) is 9.59 Å². The molecule has 5 rings (SSSR count). The molecular formula is C26H32O3. The lowest BCUT2D eigenvalue weighted by Crippen LogP contribution is -2.62. The van der Waals surface area contributed by atoms with Gasteiger partial charge in [-0.2, -0.15) is 0 Å². The van der Waals surface area contributed by atoms with Gasteiger partial charge in [0.25, 0.3) is 0 Å². The first-order chi connectivity index (χ1) is 13.6. The first-order valence-corrected chi connectivity index (χ1v) is 11.1. The lowest BCUT2D eigenvalue weighted by molar-refractivity contribution is -0.156. The van der Waals surface area contributed by atoms with Crippen LogP contribution >= 0.6 is 0 Å². The van der Waals surface area contributed by atoms with Gasteiger partial charge in [0, 0.05) is 11.8 Å². The number of carbonyl (C=O) groups is 2. The molecule has 3 heteroatoms. The Kier molecular flexibility index (Phi) is 3.70. The van der Waals surface area contributed by atoms with Crippen LogP contribution in [0.15, 0.2) is 46.8 Å². The van der Waals surface area contributed by atoms with Crippen molar-refractivity contribution in [3.05, 3.63) is 48.0 Å². The molecule has 2 fully saturated rings. The van der Waals surface area contributed by atoms with Crippen LogP contribution in [0.3, 0.4) is 0 Å². The minimum atomic E-state index is -0.482. The molecule has 4 aliphatic rings. The summed E-state index contributed by atoms with van der Waals surface area (Å²) in [6.45, 7) is 10.9. The van der Waals surface area contributed by atoms with Crippen LogP contribution in [0.25, 0.3) is 0 Å². The van der Waals surface area contributed by atoms with Crippen LogP contribution in [0.1, 0.15) is 71.8 Å². The zero-order valence-corrected chi connectivity index (χ0v) is 18.2. The van der Waals surface area contributed by atoms with E-state index in [1.165, 1.54) is 11.1 Å². The summed E-state index contributed by atoms with van der Waals surface area (Å²) in [5.74, 6) is 1.21. The van der Waals surface area contributed by atoms with Gasteiger partial charge < -0.3 is 4.42 Å². The summed E-state index contributed by atoms with van der Waals surface area (Å²) in [5.41, 5.74) is 1.54. The first kappa shape index (κ1) is 19.1. The van der Waals surface area contributed by atoms with Crippen LogP contribution in [-0.4, -0.2) is 11.6 Å². The Bertz CT molecular complexity index is 949. The Hall–Kier alpha value is -1.90. The molecule has 1 heterocycles. The highest BCUT2D eigenvalue weighted by Gasteiger charge is 2.67. The Morgan fingerprint density at radius 2 is 1.83 bits per heavy atom. The molecule has 0 amide bonds. The molecule has 4 aliphatic carbocycles. The fraction of sp³-hybridized carbons (Fsp3) is 0.615. The van der Waals surface area contributed by atoms with Crippen molar-refractivity contribution in [1.82, 2.24) is 0 Å². The zero-order valence-electron chi connectivity index (χ0n) is 18.2. The normalized spacial score (nSPS) is 45.4. The van der Waals surface area contributed by atoms with E-state index in [0.717, 1.165) is 19.3 Å². The van der Waals surface area contributed by atoms with Gasteiger partial charge in [-0.05, 0) is 72.5 Å². The molecule has 0 spiro atoms. The molecule has 154 valence electrons. The van der Waals surface area contributed by atoms with Gasteiger partial charge in [0.1, 0.15) is 5.78 Å². The minimum absolute atomic E-state index is 0.00228. The van der Waals surface area contributed by atoms with Crippen molar-refractivity contribution in [3.8, 4) is 0 Å². The second-order valence-electron chi connectivity index (χ2n) is 11.1. The van der Waals surface area contributed by atoms with Crippen LogP contribution in [-0.2, 0) is 9.59 Å². The summed E-state index contributed by atoms with van der Waals surface area (Å²) in [5, 5.41) is 0. The molecule has 0 bridgehead atoms. The highest BCUT2D eigenvalue weighted by atomic mass is 16.3. The maximum absolute atomic E-state index is 13.8. The van der Waals surface area contributed by atoms with E-state index in [1.54, 1.807) is 12.3 Å². The number of allylic oxidation sites excluding steroid dienone is 4. The maximum Gasteiger partial charge on any atom is 0.161 e. The molecule has 1 aromatic heterocycles. The number of Topliss-reactive ketones (excluding diaryl/α,β-unsaturated/α-hetero) is 1. The van der Waals surface area contributed by atoms with Crippen LogP contribution in [0.2, 0.25) is 0 Å². The highest BCUT2D eigenvalue weighted by molar-refractivity contribution is 5.98. The van der Waals surface area contributed by atoms with Gasteiger partial charge in [0.15, 0.2) is 5.78 Å². The third-order valence-electron chi connectivity index (χ3n) is 9.67. The van der Waals surface area contributed by atoms with Crippen molar-refractivity contribution in [1.29, 1.82) is 0 Å². The summed E-state index contributed by atoms with van der Waals surface area (Å²) >= 11 is 0. The van der Waals surface area contributed by atoms with E-state index in [-0.39, 0.29) is 28.4 Å². The average Bonchev–Trinajstić information content (AvgIpc) is 3.29. The fourth-order valence-electron chi connectivity index (χ4n) is 7.97. The SMILES string of the molecule is CC1(C)C(=O)C=CC2(C)C1CC(=O)C1(C)C3=CCC(c4ccoc4)C3(C)CCC12. The van der Waals surface area contributed by atoms with E-state index < -0.39 is 10.8 Å². The second kappa shape index (κ2) is 5.62. The molecule has 6 unspecified atom stereocenters. The monoisotopic (exact) mass is 392 g/mol. The maximum atomic E-state index is 13.8. The van der Waals surface area contributed by atoms with Crippen LogP contribution in [0.5, 0.6) is 0 Å². The topological polar surface area (TPSA) is 47.3 Å². The van der Waals surface area contributed by atoms with E-state index >= 15 is 0 Å². The van der Waals surface area contributed by atoms with Crippen molar-refractivity contribution in [2.45, 2.75) is 66.2 Å². The predicted octanol–water partition coefficient (Wildman–Crippen LogP) is 5.88. The molecular weight excluding hydrogens is 360 g/mol. The van der Waals surface area contributed by atoms with Crippen molar-refractivity contribution >= 4 is 11.6 Å². The van der Waals surface area contributed by atoms with E-state index in [2.05, 4.69) is 39.0 Å². The van der Waals surface area contributed by atoms with Gasteiger partial charge in [0.2, 0.25) is 0 Å². The summed E-state index contributed by atoms with van der Waals surface area (Å²) in [6.07, 6.45) is 13.5. The molecule has 2 saturated carbocycles. The van der Waals surface area contributed by atoms with Crippen LogP contribution < -0.4 is 0 Å². The van der Waals surface area contributed by atoms with Crippen LogP contribution in [0.4, 0.5) is 0 Å². The molecule has 0 N–H and O–H groups in total. The third kappa shape index (κ3) is 2.14. The number of furan rings is 1. The molecule has 0 aliphatic heterocycles. The minimum Gasteiger partial charge on any atom is -0.472 e. The Labute approximate surface area is 173 Å². The predicted molar refractivity (Wildman–Crippen MR) is 112 cm³/mol. The summed E-state index contributed by atoms with van der Waals surface area (Å²) < 4.78 is 5.39. The van der Waals surface area contributed by atoms with Crippen molar-refractivity contribution in [3.63, 3.8) is 0 Å². The zero-order chi connectivity index (χ0) is 20.8. The van der Waals surface area contributed by atoms with E-state index in [1.807, 2.05) is 20.1 Å². The Morgan fingerprint density at radius 1 is 1.07 bits per heavy atom. The van der Waals surface area contributed by atoms with Gasteiger partial charge >= 0.3 is 0 Å². The standard InChI is InChI=1S/C26H32O3/c1-23(2)20-14-22(28)26(5)18-7-6-17(16-10-13-29-15-16)24(18,3)11-8-19(26)25(20,4)12-9-21(23)27/h7,9-10,12-13,15,17,19-20H,6,8,11,14H2,1-5H3. The summed E-state index contributed by atoms with van der Waals surface area (Å²) in [4.78, 5) is 26.5.